The summed E-state index contributed by atoms with van der Waals surface area (Å²) in [5, 5.41) is 17.3. The number of nitrogens with zero attached hydrogens (tertiary/aromatic N) is 3. The Morgan fingerprint density at radius 1 is 1.43 bits per heavy atom. The van der Waals surface area contributed by atoms with Gasteiger partial charge in [0.05, 0.1) is 18.3 Å². The van der Waals surface area contributed by atoms with Gasteiger partial charge in [-0.15, -0.1) is 5.10 Å². The highest BCUT2D eigenvalue weighted by Gasteiger charge is 2.33. The maximum atomic E-state index is 9.18. The van der Waals surface area contributed by atoms with Crippen LogP contribution in [0.2, 0.25) is 0 Å². The monoisotopic (exact) mass is 195 g/mol. The molecule has 0 aromatic carbocycles. The van der Waals surface area contributed by atoms with Crippen LogP contribution >= 0.6 is 0 Å². The first-order valence-corrected chi connectivity index (χ1v) is 5.09. The van der Waals surface area contributed by atoms with Gasteiger partial charge in [0.2, 0.25) is 0 Å². The number of aromatic nitrogens is 3. The topological polar surface area (TPSA) is 50.9 Å². The zero-order chi connectivity index (χ0) is 10.3. The largest absolute Gasteiger partial charge is 0.390 e. The van der Waals surface area contributed by atoms with Gasteiger partial charge >= 0.3 is 0 Å². The van der Waals surface area contributed by atoms with Crippen LogP contribution in [0.15, 0.2) is 0 Å². The predicted octanol–water partition coefficient (Wildman–Crippen LogP) is 1.40. The minimum atomic E-state index is -0.0146. The summed E-state index contributed by atoms with van der Waals surface area (Å²) in [5.41, 5.74) is 1.82. The van der Waals surface area contributed by atoms with Gasteiger partial charge in [0.25, 0.3) is 0 Å². The Hall–Kier alpha value is -0.900. The van der Waals surface area contributed by atoms with Gasteiger partial charge in [-0.25, -0.2) is 4.68 Å². The van der Waals surface area contributed by atoms with Crippen LogP contribution in [0.4, 0.5) is 0 Å². The van der Waals surface area contributed by atoms with Gasteiger partial charge in [0.1, 0.15) is 5.69 Å². The van der Waals surface area contributed by atoms with Crippen molar-refractivity contribution in [2.75, 3.05) is 0 Å². The summed E-state index contributed by atoms with van der Waals surface area (Å²) in [5.74, 6) is 0. The number of aliphatic hydroxyl groups excluding tert-OH is 1. The Morgan fingerprint density at radius 2 is 2.07 bits per heavy atom. The molecule has 0 spiro atoms. The lowest BCUT2D eigenvalue weighted by atomic mass is 9.90. The third kappa shape index (κ3) is 1.54. The van der Waals surface area contributed by atoms with Crippen LogP contribution in [0.3, 0.4) is 0 Å². The Morgan fingerprint density at radius 3 is 2.50 bits per heavy atom. The quantitative estimate of drug-likeness (QED) is 0.776. The summed E-state index contributed by atoms with van der Waals surface area (Å²) >= 11 is 0. The van der Waals surface area contributed by atoms with Gasteiger partial charge in [0.15, 0.2) is 0 Å². The lowest BCUT2D eigenvalue weighted by Gasteiger charge is -2.20. The predicted molar refractivity (Wildman–Crippen MR) is 52.9 cm³/mol. The van der Waals surface area contributed by atoms with E-state index in [4.69, 9.17) is 0 Å². The molecule has 2 rings (SSSR count). The van der Waals surface area contributed by atoms with Crippen molar-refractivity contribution in [2.45, 2.75) is 51.7 Å². The second-order valence-electron chi connectivity index (χ2n) is 4.97. The van der Waals surface area contributed by atoms with E-state index in [9.17, 15) is 5.11 Å². The summed E-state index contributed by atoms with van der Waals surface area (Å²) in [6.07, 6.45) is 2.38. The highest BCUT2D eigenvalue weighted by atomic mass is 16.3. The van der Waals surface area contributed by atoms with Crippen LogP contribution in [-0.4, -0.2) is 20.1 Å². The molecule has 1 aliphatic rings. The second-order valence-corrected chi connectivity index (χ2v) is 4.97. The summed E-state index contributed by atoms with van der Waals surface area (Å²) in [6.45, 7) is 6.37. The average Bonchev–Trinajstić information content (AvgIpc) is 2.82. The van der Waals surface area contributed by atoms with E-state index in [1.165, 1.54) is 12.8 Å². The fraction of sp³-hybridized carbons (Fsp3) is 0.800. The fourth-order valence-corrected chi connectivity index (χ4v) is 1.78. The summed E-state index contributed by atoms with van der Waals surface area (Å²) < 4.78 is 1.99. The van der Waals surface area contributed by atoms with E-state index in [0.29, 0.717) is 6.04 Å². The van der Waals surface area contributed by atoms with E-state index in [1.807, 2.05) is 4.68 Å². The standard InChI is InChI=1S/C10H17N3O/c1-10(2,3)9-8(6-14)11-12-13(9)7-4-5-7/h7,14H,4-6H2,1-3H3. The van der Waals surface area contributed by atoms with Crippen molar-refractivity contribution in [1.29, 1.82) is 0 Å². The van der Waals surface area contributed by atoms with Crippen LogP contribution < -0.4 is 0 Å². The van der Waals surface area contributed by atoms with Gasteiger partial charge in [-0.1, -0.05) is 26.0 Å². The molecular formula is C10H17N3O. The summed E-state index contributed by atoms with van der Waals surface area (Å²) in [7, 11) is 0. The number of aliphatic hydroxyl groups is 1. The second kappa shape index (κ2) is 3.05. The molecule has 0 bridgehead atoms. The minimum absolute atomic E-state index is 0.00412. The molecule has 0 unspecified atom stereocenters. The molecule has 4 nitrogen and oxygen atoms in total. The molecule has 0 amide bonds. The van der Waals surface area contributed by atoms with E-state index in [2.05, 4.69) is 31.1 Å². The molecule has 1 heterocycles. The number of hydrogen-bond donors (Lipinski definition) is 1. The minimum Gasteiger partial charge on any atom is -0.390 e. The smallest absolute Gasteiger partial charge is 0.112 e. The van der Waals surface area contributed by atoms with Crippen molar-refractivity contribution >= 4 is 0 Å². The Labute approximate surface area is 83.9 Å². The van der Waals surface area contributed by atoms with Crippen molar-refractivity contribution in [3.63, 3.8) is 0 Å². The molecule has 1 fully saturated rings. The third-order valence-corrected chi connectivity index (χ3v) is 2.52. The lowest BCUT2D eigenvalue weighted by Crippen LogP contribution is -2.19. The van der Waals surface area contributed by atoms with Crippen molar-refractivity contribution in [3.05, 3.63) is 11.4 Å². The van der Waals surface area contributed by atoms with E-state index in [-0.39, 0.29) is 12.0 Å². The molecule has 0 saturated heterocycles. The zero-order valence-corrected chi connectivity index (χ0v) is 8.99. The average molecular weight is 195 g/mol. The van der Waals surface area contributed by atoms with Crippen molar-refractivity contribution in [3.8, 4) is 0 Å². The van der Waals surface area contributed by atoms with Crippen molar-refractivity contribution in [2.24, 2.45) is 0 Å². The molecule has 0 radical (unpaired) electrons. The summed E-state index contributed by atoms with van der Waals surface area (Å²) in [4.78, 5) is 0. The Balaban J connectivity index is 2.45. The van der Waals surface area contributed by atoms with Crippen LogP contribution in [0.5, 0.6) is 0 Å². The van der Waals surface area contributed by atoms with Crippen LogP contribution in [0.25, 0.3) is 0 Å². The molecule has 1 aromatic rings. The lowest BCUT2D eigenvalue weighted by molar-refractivity contribution is 0.273. The first-order chi connectivity index (χ1) is 6.54. The molecule has 0 atom stereocenters. The molecule has 1 aromatic heterocycles. The summed E-state index contributed by atoms with van der Waals surface area (Å²) in [6, 6.07) is 0.525. The first kappa shape index (κ1) is 9.65. The normalized spacial score (nSPS) is 17.4. The zero-order valence-electron chi connectivity index (χ0n) is 8.99. The van der Waals surface area contributed by atoms with E-state index in [0.717, 1.165) is 11.4 Å². The van der Waals surface area contributed by atoms with Gasteiger partial charge < -0.3 is 5.11 Å². The van der Waals surface area contributed by atoms with Crippen LogP contribution in [-0.2, 0) is 12.0 Å². The maximum Gasteiger partial charge on any atom is 0.112 e. The molecule has 1 N–H and O–H groups in total. The van der Waals surface area contributed by atoms with E-state index < -0.39 is 0 Å². The highest BCUT2D eigenvalue weighted by molar-refractivity contribution is 5.20. The molecule has 14 heavy (non-hydrogen) atoms. The maximum absolute atomic E-state index is 9.18. The first-order valence-electron chi connectivity index (χ1n) is 5.09. The molecule has 1 saturated carbocycles. The molecular weight excluding hydrogens is 178 g/mol. The highest BCUT2D eigenvalue weighted by Crippen LogP contribution is 2.38. The van der Waals surface area contributed by atoms with Gasteiger partial charge in [-0.3, -0.25) is 0 Å². The van der Waals surface area contributed by atoms with Gasteiger partial charge in [-0.05, 0) is 12.8 Å². The Kier molecular flexibility index (Phi) is 2.10. The van der Waals surface area contributed by atoms with Crippen LogP contribution in [0.1, 0.15) is 51.0 Å². The SMILES string of the molecule is CC(C)(C)c1c(CO)nnn1C1CC1. The van der Waals surface area contributed by atoms with Gasteiger partial charge in [-0.2, -0.15) is 0 Å². The van der Waals surface area contributed by atoms with Crippen molar-refractivity contribution < 1.29 is 5.11 Å². The molecule has 0 aliphatic heterocycles. The molecule has 1 aliphatic carbocycles. The molecule has 78 valence electrons. The third-order valence-electron chi connectivity index (χ3n) is 2.52. The Bertz CT molecular complexity index is 334. The van der Waals surface area contributed by atoms with Crippen LogP contribution in [0, 0.1) is 0 Å². The number of hydrogen-bond acceptors (Lipinski definition) is 3. The number of rotatable bonds is 2. The van der Waals surface area contributed by atoms with E-state index >= 15 is 0 Å². The fourth-order valence-electron chi connectivity index (χ4n) is 1.78. The van der Waals surface area contributed by atoms with Crippen molar-refractivity contribution in [1.82, 2.24) is 15.0 Å². The molecule has 4 heteroatoms. The van der Waals surface area contributed by atoms with Gasteiger partial charge in [0, 0.05) is 5.41 Å². The van der Waals surface area contributed by atoms with E-state index in [1.54, 1.807) is 0 Å².